The first-order valence-corrected chi connectivity index (χ1v) is 12.1. The minimum Gasteiger partial charge on any atom is -0.349 e. The Labute approximate surface area is 203 Å². The molecule has 34 heavy (non-hydrogen) atoms. The van der Waals surface area contributed by atoms with Crippen LogP contribution in [0.3, 0.4) is 0 Å². The van der Waals surface area contributed by atoms with E-state index in [1.54, 1.807) is 0 Å². The van der Waals surface area contributed by atoms with Crippen LogP contribution in [-0.2, 0) is 24.3 Å². The fourth-order valence-electron chi connectivity index (χ4n) is 4.67. The van der Waals surface area contributed by atoms with Crippen molar-refractivity contribution >= 4 is 18.1 Å². The number of nitrogens with one attached hydrogen (secondary N) is 2. The average molecular weight is 473 g/mol. The molecule has 1 unspecified atom stereocenters. The molecule has 0 spiro atoms. The molecule has 174 valence electrons. The van der Waals surface area contributed by atoms with Crippen molar-refractivity contribution in [3.8, 4) is 11.4 Å². The smallest absolute Gasteiger partial charge is 0.222 e. The number of rotatable bonds is 7. The Bertz CT molecular complexity index is 1350. The molecule has 8 heteroatoms. The van der Waals surface area contributed by atoms with Crippen LogP contribution in [0.25, 0.3) is 11.4 Å². The van der Waals surface area contributed by atoms with Gasteiger partial charge in [0.15, 0.2) is 10.6 Å². The molecule has 1 aliphatic carbocycles. The van der Waals surface area contributed by atoms with Gasteiger partial charge in [-0.3, -0.25) is 19.1 Å². The second-order valence-electron chi connectivity index (χ2n) is 8.83. The van der Waals surface area contributed by atoms with Crippen molar-refractivity contribution in [1.82, 2.24) is 29.9 Å². The predicted octanol–water partition coefficient (Wildman–Crippen LogP) is 4.74. The Hall–Kier alpha value is -3.52. The van der Waals surface area contributed by atoms with Crippen LogP contribution in [0, 0.1) is 11.7 Å². The number of aryl methyl sites for hydroxylation is 1. The highest BCUT2D eigenvalue weighted by Crippen LogP contribution is 2.30. The van der Waals surface area contributed by atoms with Crippen LogP contribution in [-0.4, -0.2) is 30.5 Å². The topological polar surface area (TPSA) is 80.5 Å². The van der Waals surface area contributed by atoms with Gasteiger partial charge in [-0.1, -0.05) is 54.1 Å². The van der Waals surface area contributed by atoms with Crippen LogP contribution < -0.4 is 5.32 Å². The second-order valence-corrected chi connectivity index (χ2v) is 9.21. The van der Waals surface area contributed by atoms with Crippen molar-refractivity contribution in [2.24, 2.45) is 0 Å². The SMILES string of the molecule is Cc1cccc(-c2n[nH]c(=S)n2CCC(=O)NC2CCCc3c2cnn3Cc2ccccc2)c1. The minimum atomic E-state index is -0.00524. The Morgan fingerprint density at radius 2 is 2.06 bits per heavy atom. The number of benzene rings is 2. The van der Waals surface area contributed by atoms with Crippen molar-refractivity contribution in [3.63, 3.8) is 0 Å². The van der Waals surface area contributed by atoms with Crippen molar-refractivity contribution < 1.29 is 4.79 Å². The van der Waals surface area contributed by atoms with Crippen LogP contribution in [0.1, 0.15) is 47.7 Å². The number of amides is 1. The molecule has 0 aliphatic heterocycles. The second kappa shape index (κ2) is 9.77. The molecule has 1 aliphatic rings. The fourth-order valence-corrected chi connectivity index (χ4v) is 4.89. The van der Waals surface area contributed by atoms with Gasteiger partial charge in [-0.05, 0) is 50.0 Å². The first-order valence-electron chi connectivity index (χ1n) is 11.7. The zero-order chi connectivity index (χ0) is 23.5. The molecule has 1 atom stereocenters. The van der Waals surface area contributed by atoms with Gasteiger partial charge in [0.1, 0.15) is 0 Å². The number of aromatic nitrogens is 5. The Morgan fingerprint density at radius 3 is 2.88 bits per heavy atom. The Balaban J connectivity index is 1.26. The average Bonchev–Trinajstić information content (AvgIpc) is 3.42. The third-order valence-electron chi connectivity index (χ3n) is 6.37. The maximum atomic E-state index is 12.9. The molecule has 2 N–H and O–H groups in total. The largest absolute Gasteiger partial charge is 0.349 e. The van der Waals surface area contributed by atoms with E-state index in [4.69, 9.17) is 12.2 Å². The van der Waals surface area contributed by atoms with Gasteiger partial charge in [0.2, 0.25) is 5.91 Å². The zero-order valence-corrected chi connectivity index (χ0v) is 20.0. The summed E-state index contributed by atoms with van der Waals surface area (Å²) in [4.78, 5) is 12.9. The van der Waals surface area contributed by atoms with Gasteiger partial charge in [0.05, 0.1) is 18.8 Å². The molecule has 0 bridgehead atoms. The molecule has 5 rings (SSSR count). The summed E-state index contributed by atoms with van der Waals surface area (Å²) in [6.07, 6.45) is 5.19. The summed E-state index contributed by atoms with van der Waals surface area (Å²) in [5.41, 5.74) is 5.71. The number of H-pyrrole nitrogens is 1. The van der Waals surface area contributed by atoms with Gasteiger partial charge in [0.25, 0.3) is 0 Å². The van der Waals surface area contributed by atoms with Gasteiger partial charge in [-0.15, -0.1) is 0 Å². The van der Waals surface area contributed by atoms with E-state index in [9.17, 15) is 4.79 Å². The molecule has 7 nitrogen and oxygen atoms in total. The lowest BCUT2D eigenvalue weighted by molar-refractivity contribution is -0.122. The van der Waals surface area contributed by atoms with Gasteiger partial charge < -0.3 is 5.32 Å². The van der Waals surface area contributed by atoms with Gasteiger partial charge in [-0.25, -0.2) is 0 Å². The first kappa shape index (κ1) is 22.3. The maximum Gasteiger partial charge on any atom is 0.222 e. The van der Waals surface area contributed by atoms with E-state index in [0.717, 1.165) is 48.3 Å². The van der Waals surface area contributed by atoms with Crippen LogP contribution in [0.2, 0.25) is 0 Å². The molecule has 2 heterocycles. The van der Waals surface area contributed by atoms with Crippen LogP contribution in [0.15, 0.2) is 60.8 Å². The lowest BCUT2D eigenvalue weighted by Crippen LogP contribution is -2.31. The Kier molecular flexibility index (Phi) is 6.40. The van der Waals surface area contributed by atoms with Crippen LogP contribution in [0.4, 0.5) is 0 Å². The van der Waals surface area contributed by atoms with E-state index < -0.39 is 0 Å². The van der Waals surface area contributed by atoms with Crippen molar-refractivity contribution in [3.05, 3.63) is 87.9 Å². The summed E-state index contributed by atoms with van der Waals surface area (Å²) in [5.74, 6) is 0.760. The predicted molar refractivity (Wildman–Crippen MR) is 134 cm³/mol. The number of carbonyl (C=O) groups is 1. The van der Waals surface area contributed by atoms with E-state index >= 15 is 0 Å². The fraction of sp³-hybridized carbons (Fsp3) is 0.308. The summed E-state index contributed by atoms with van der Waals surface area (Å²) < 4.78 is 4.49. The van der Waals surface area contributed by atoms with Crippen LogP contribution >= 0.6 is 12.2 Å². The van der Waals surface area contributed by atoms with Gasteiger partial charge in [-0.2, -0.15) is 10.2 Å². The van der Waals surface area contributed by atoms with E-state index in [1.807, 2.05) is 54.1 Å². The van der Waals surface area contributed by atoms with Gasteiger partial charge in [0, 0.05) is 29.8 Å². The van der Waals surface area contributed by atoms with Crippen molar-refractivity contribution in [1.29, 1.82) is 0 Å². The van der Waals surface area contributed by atoms with Gasteiger partial charge >= 0.3 is 0 Å². The van der Waals surface area contributed by atoms with E-state index in [1.165, 1.54) is 11.3 Å². The summed E-state index contributed by atoms with van der Waals surface area (Å²) >= 11 is 5.43. The third-order valence-corrected chi connectivity index (χ3v) is 6.68. The molecule has 1 amide bonds. The normalized spacial score (nSPS) is 15.1. The number of fused-ring (bicyclic) bond motifs is 1. The highest BCUT2D eigenvalue weighted by Gasteiger charge is 2.25. The summed E-state index contributed by atoms with van der Waals surface area (Å²) in [6, 6.07) is 18.5. The summed E-state index contributed by atoms with van der Waals surface area (Å²) in [6.45, 7) is 3.26. The molecule has 2 aromatic carbocycles. The lowest BCUT2D eigenvalue weighted by atomic mass is 9.92. The third kappa shape index (κ3) is 4.72. The number of nitrogens with zero attached hydrogens (tertiary/aromatic N) is 4. The Morgan fingerprint density at radius 1 is 1.21 bits per heavy atom. The molecule has 0 saturated carbocycles. The molecule has 0 fully saturated rings. The number of hydrogen-bond donors (Lipinski definition) is 2. The molecular formula is C26H28N6OS. The van der Waals surface area contributed by atoms with Crippen LogP contribution in [0.5, 0.6) is 0 Å². The van der Waals surface area contributed by atoms with Crippen molar-refractivity contribution in [2.75, 3.05) is 0 Å². The molecule has 0 radical (unpaired) electrons. The lowest BCUT2D eigenvalue weighted by Gasteiger charge is -2.24. The molecule has 4 aromatic rings. The minimum absolute atomic E-state index is 0.00524. The maximum absolute atomic E-state index is 12.9. The number of hydrogen-bond acceptors (Lipinski definition) is 4. The zero-order valence-electron chi connectivity index (χ0n) is 19.2. The van der Waals surface area contributed by atoms with Crippen molar-refractivity contribution in [2.45, 2.75) is 51.7 Å². The van der Waals surface area contributed by atoms with E-state index in [-0.39, 0.29) is 11.9 Å². The highest BCUT2D eigenvalue weighted by molar-refractivity contribution is 7.71. The monoisotopic (exact) mass is 472 g/mol. The summed E-state index contributed by atoms with van der Waals surface area (Å²) in [5, 5.41) is 15.1. The quantitative estimate of drug-likeness (QED) is 0.381. The molecule has 2 aromatic heterocycles. The highest BCUT2D eigenvalue weighted by atomic mass is 32.1. The van der Waals surface area contributed by atoms with E-state index in [0.29, 0.717) is 17.7 Å². The first-order chi connectivity index (χ1) is 16.6. The van der Waals surface area contributed by atoms with E-state index in [2.05, 4.69) is 43.5 Å². The standard InChI is InChI=1S/C26H28N6OS/c1-18-7-5-10-20(15-18)25-29-30-26(34)31(25)14-13-24(33)28-22-11-6-12-23-21(22)16-27-32(23)17-19-8-3-2-4-9-19/h2-5,7-10,15-16,22H,6,11-14,17H2,1H3,(H,28,33)(H,30,34). The summed E-state index contributed by atoms with van der Waals surface area (Å²) in [7, 11) is 0. The molecular weight excluding hydrogens is 444 g/mol. The molecule has 0 saturated heterocycles. The number of carbonyl (C=O) groups excluding carboxylic acids is 1. The number of aromatic amines is 1.